The quantitative estimate of drug-likeness (QED) is 0.831. The lowest BCUT2D eigenvalue weighted by Gasteiger charge is -2.27. The molecule has 5 nitrogen and oxygen atoms in total. The van der Waals surface area contributed by atoms with Gasteiger partial charge in [-0.25, -0.2) is 0 Å². The number of carbonyl (C=O) groups is 1. The van der Waals surface area contributed by atoms with Gasteiger partial charge in [-0.05, 0) is 42.9 Å². The standard InChI is InChI=1S/C21H22N2O3/c24-21(20-14-25-18-8-4-5-9-19(18)26-20)23-22-17-12-10-16(11-13-17)15-6-2-1-3-7-15/h1-9,12,16,20,22H,10-11,13-14H2,(H,23,24)/t16-,20-/m0/s1. The van der Waals surface area contributed by atoms with E-state index < -0.39 is 6.10 Å². The number of hydrazine groups is 1. The van der Waals surface area contributed by atoms with Gasteiger partial charge in [-0.1, -0.05) is 48.5 Å². The zero-order valence-electron chi connectivity index (χ0n) is 14.5. The summed E-state index contributed by atoms with van der Waals surface area (Å²) in [5.74, 6) is 1.59. The predicted molar refractivity (Wildman–Crippen MR) is 98.7 cm³/mol. The van der Waals surface area contributed by atoms with E-state index in [9.17, 15) is 4.79 Å². The van der Waals surface area contributed by atoms with E-state index in [-0.39, 0.29) is 12.5 Å². The second-order valence-electron chi connectivity index (χ2n) is 6.59. The molecule has 1 heterocycles. The molecule has 0 spiro atoms. The number of carbonyl (C=O) groups excluding carboxylic acids is 1. The number of allylic oxidation sites excluding steroid dienone is 2. The Morgan fingerprint density at radius 3 is 2.54 bits per heavy atom. The SMILES string of the molecule is O=C(NNC1=CC[C@H](c2ccccc2)CC1)[C@@H]1COc2ccccc2O1. The fourth-order valence-electron chi connectivity index (χ4n) is 3.35. The van der Waals surface area contributed by atoms with Gasteiger partial charge in [-0.15, -0.1) is 0 Å². The number of benzene rings is 2. The monoisotopic (exact) mass is 350 g/mol. The van der Waals surface area contributed by atoms with Gasteiger partial charge in [0.05, 0.1) is 0 Å². The molecule has 0 radical (unpaired) electrons. The number of rotatable bonds is 4. The molecule has 0 saturated carbocycles. The fourth-order valence-corrected chi connectivity index (χ4v) is 3.35. The highest BCUT2D eigenvalue weighted by molar-refractivity contribution is 5.81. The third-order valence-electron chi connectivity index (χ3n) is 4.83. The largest absolute Gasteiger partial charge is 0.485 e. The highest BCUT2D eigenvalue weighted by Crippen LogP contribution is 2.32. The summed E-state index contributed by atoms with van der Waals surface area (Å²) in [5, 5.41) is 0. The van der Waals surface area contributed by atoms with E-state index >= 15 is 0 Å². The van der Waals surface area contributed by atoms with Crippen molar-refractivity contribution in [1.82, 2.24) is 10.9 Å². The fraction of sp³-hybridized carbons (Fsp3) is 0.286. The lowest BCUT2D eigenvalue weighted by molar-refractivity contribution is -0.131. The van der Waals surface area contributed by atoms with Crippen LogP contribution in [0.4, 0.5) is 0 Å². The van der Waals surface area contributed by atoms with Crippen molar-refractivity contribution in [3.8, 4) is 11.5 Å². The van der Waals surface area contributed by atoms with Gasteiger partial charge in [0, 0.05) is 5.70 Å². The van der Waals surface area contributed by atoms with Gasteiger partial charge in [0.2, 0.25) is 6.10 Å². The van der Waals surface area contributed by atoms with Gasteiger partial charge in [0.1, 0.15) is 6.61 Å². The maximum absolute atomic E-state index is 12.3. The number of hydrogen-bond acceptors (Lipinski definition) is 4. The average molecular weight is 350 g/mol. The third-order valence-corrected chi connectivity index (χ3v) is 4.83. The van der Waals surface area contributed by atoms with Gasteiger partial charge in [-0.2, -0.15) is 0 Å². The molecule has 134 valence electrons. The van der Waals surface area contributed by atoms with Crippen LogP contribution in [0.2, 0.25) is 0 Å². The minimum Gasteiger partial charge on any atom is -0.485 e. The van der Waals surface area contributed by atoms with Crippen molar-refractivity contribution >= 4 is 5.91 Å². The molecular weight excluding hydrogens is 328 g/mol. The molecule has 0 unspecified atom stereocenters. The first-order valence-corrected chi connectivity index (χ1v) is 8.98. The molecule has 2 aliphatic rings. The van der Waals surface area contributed by atoms with Crippen molar-refractivity contribution in [2.75, 3.05) is 6.61 Å². The van der Waals surface area contributed by atoms with Crippen LogP contribution < -0.4 is 20.3 Å². The van der Waals surface area contributed by atoms with E-state index in [1.165, 1.54) is 5.56 Å². The maximum Gasteiger partial charge on any atom is 0.282 e. The van der Waals surface area contributed by atoms with E-state index in [4.69, 9.17) is 9.47 Å². The third kappa shape index (κ3) is 3.67. The highest BCUT2D eigenvalue weighted by Gasteiger charge is 2.27. The first-order chi connectivity index (χ1) is 12.8. The average Bonchev–Trinajstić information content (AvgIpc) is 2.72. The summed E-state index contributed by atoms with van der Waals surface area (Å²) in [6.45, 7) is 0.208. The Labute approximate surface area is 153 Å². The minimum absolute atomic E-state index is 0.208. The van der Waals surface area contributed by atoms with Crippen molar-refractivity contribution in [2.45, 2.75) is 31.3 Å². The van der Waals surface area contributed by atoms with Crippen molar-refractivity contribution in [2.24, 2.45) is 0 Å². The van der Waals surface area contributed by atoms with Crippen LogP contribution >= 0.6 is 0 Å². The molecule has 1 amide bonds. The number of amides is 1. The molecule has 1 aliphatic heterocycles. The lowest BCUT2D eigenvalue weighted by atomic mass is 9.87. The molecule has 1 aliphatic carbocycles. The summed E-state index contributed by atoms with van der Waals surface area (Å²) in [7, 11) is 0. The van der Waals surface area contributed by atoms with Crippen LogP contribution in [0.25, 0.3) is 0 Å². The van der Waals surface area contributed by atoms with E-state index in [1.54, 1.807) is 6.07 Å². The number of nitrogens with one attached hydrogen (secondary N) is 2. The van der Waals surface area contributed by atoms with E-state index in [2.05, 4.69) is 41.2 Å². The van der Waals surface area contributed by atoms with E-state index in [0.29, 0.717) is 17.4 Å². The van der Waals surface area contributed by atoms with Crippen molar-refractivity contribution in [3.63, 3.8) is 0 Å². The van der Waals surface area contributed by atoms with Crippen molar-refractivity contribution in [1.29, 1.82) is 0 Å². The smallest absolute Gasteiger partial charge is 0.282 e. The molecule has 2 atom stereocenters. The maximum atomic E-state index is 12.3. The molecule has 4 rings (SSSR count). The van der Waals surface area contributed by atoms with Crippen molar-refractivity contribution < 1.29 is 14.3 Å². The molecule has 2 aromatic carbocycles. The van der Waals surface area contributed by atoms with Gasteiger partial charge < -0.3 is 14.9 Å². The Balaban J connectivity index is 1.28. The Morgan fingerprint density at radius 2 is 1.77 bits per heavy atom. The summed E-state index contributed by atoms with van der Waals surface area (Å²) in [4.78, 5) is 12.3. The second kappa shape index (κ2) is 7.52. The van der Waals surface area contributed by atoms with Gasteiger partial charge in [0.25, 0.3) is 5.91 Å². The Bertz CT molecular complexity index is 804. The van der Waals surface area contributed by atoms with Gasteiger partial charge in [-0.3, -0.25) is 10.2 Å². The summed E-state index contributed by atoms with van der Waals surface area (Å²) < 4.78 is 11.3. The minimum atomic E-state index is -0.654. The molecule has 2 aromatic rings. The van der Waals surface area contributed by atoms with Crippen LogP contribution in [-0.2, 0) is 4.79 Å². The van der Waals surface area contributed by atoms with Crippen LogP contribution in [0, 0.1) is 0 Å². The highest BCUT2D eigenvalue weighted by atomic mass is 16.6. The molecule has 2 N–H and O–H groups in total. The van der Waals surface area contributed by atoms with Gasteiger partial charge >= 0.3 is 0 Å². The molecule has 26 heavy (non-hydrogen) atoms. The molecule has 0 fully saturated rings. The first kappa shape index (κ1) is 16.5. The molecule has 5 heteroatoms. The zero-order chi connectivity index (χ0) is 17.8. The topological polar surface area (TPSA) is 59.6 Å². The first-order valence-electron chi connectivity index (χ1n) is 8.98. The number of hydrogen-bond donors (Lipinski definition) is 2. The molecule has 0 saturated heterocycles. The number of fused-ring (bicyclic) bond motifs is 1. The summed E-state index contributed by atoms with van der Waals surface area (Å²) in [6, 6.07) is 17.9. The van der Waals surface area contributed by atoms with Crippen LogP contribution in [0.15, 0.2) is 66.4 Å². The Kier molecular flexibility index (Phi) is 4.78. The zero-order valence-corrected chi connectivity index (χ0v) is 14.5. The normalized spacial score (nSPS) is 21.5. The van der Waals surface area contributed by atoms with Crippen LogP contribution in [0.1, 0.15) is 30.7 Å². The van der Waals surface area contributed by atoms with Crippen molar-refractivity contribution in [3.05, 3.63) is 71.9 Å². The van der Waals surface area contributed by atoms with Crippen LogP contribution in [-0.4, -0.2) is 18.6 Å². The van der Waals surface area contributed by atoms with E-state index in [0.717, 1.165) is 25.0 Å². The summed E-state index contributed by atoms with van der Waals surface area (Å²) in [5.41, 5.74) is 8.20. The van der Waals surface area contributed by atoms with Gasteiger partial charge in [0.15, 0.2) is 11.5 Å². The Morgan fingerprint density at radius 1 is 1.00 bits per heavy atom. The number of para-hydroxylation sites is 2. The molecule has 0 aromatic heterocycles. The molecular formula is C21H22N2O3. The molecule has 0 bridgehead atoms. The predicted octanol–water partition coefficient (Wildman–Crippen LogP) is 3.30. The Hall–Kier alpha value is -2.95. The van der Waals surface area contributed by atoms with Crippen LogP contribution in [0.5, 0.6) is 11.5 Å². The summed E-state index contributed by atoms with van der Waals surface area (Å²) in [6.07, 6.45) is 4.45. The number of ether oxygens (including phenoxy) is 2. The van der Waals surface area contributed by atoms with Crippen LogP contribution in [0.3, 0.4) is 0 Å². The second-order valence-corrected chi connectivity index (χ2v) is 6.59. The van der Waals surface area contributed by atoms with E-state index in [1.807, 2.05) is 24.3 Å². The summed E-state index contributed by atoms with van der Waals surface area (Å²) >= 11 is 0. The lowest BCUT2D eigenvalue weighted by Crippen LogP contribution is -2.49.